The molecule has 4 heteroatoms. The molecule has 142 valence electrons. The maximum atomic E-state index is 13.1. The molecule has 0 heterocycles. The Bertz CT molecular complexity index is 919. The van der Waals surface area contributed by atoms with E-state index in [2.05, 4.69) is 5.32 Å². The lowest BCUT2D eigenvalue weighted by atomic mass is 10.1. The van der Waals surface area contributed by atoms with E-state index >= 15 is 0 Å². The number of para-hydroxylation sites is 1. The molecule has 2 N–H and O–H groups in total. The third-order valence-corrected chi connectivity index (χ3v) is 5.18. The molecule has 3 nitrogen and oxygen atoms in total. The molecule has 0 bridgehead atoms. The standard InChI is InChI=1S/C24H23FN2O/c25-21-12-8-19(9-13-21)17-27(23-14-15-23)16-18-6-10-20(11-7-18)24(28)26-22-4-2-1-3-5-22/h1-13,23H,14-17H2,(H,26,28)/p+1. The van der Waals surface area contributed by atoms with Crippen LogP contribution in [0.15, 0.2) is 78.9 Å². The van der Waals surface area contributed by atoms with Crippen LogP contribution in [0, 0.1) is 5.82 Å². The Labute approximate surface area is 164 Å². The van der Waals surface area contributed by atoms with E-state index in [0.29, 0.717) is 11.6 Å². The van der Waals surface area contributed by atoms with E-state index in [4.69, 9.17) is 0 Å². The van der Waals surface area contributed by atoms with Crippen molar-refractivity contribution >= 4 is 11.6 Å². The molecule has 0 radical (unpaired) electrons. The highest BCUT2D eigenvalue weighted by molar-refractivity contribution is 6.04. The third-order valence-electron chi connectivity index (χ3n) is 5.18. The number of carbonyl (C=O) groups is 1. The summed E-state index contributed by atoms with van der Waals surface area (Å²) in [6, 6.07) is 24.8. The Kier molecular flexibility index (Phi) is 5.49. The molecule has 0 saturated heterocycles. The van der Waals surface area contributed by atoms with E-state index in [1.54, 1.807) is 0 Å². The Morgan fingerprint density at radius 3 is 2.00 bits per heavy atom. The highest BCUT2D eigenvalue weighted by Gasteiger charge is 2.33. The van der Waals surface area contributed by atoms with Crippen LogP contribution in [0.5, 0.6) is 0 Å². The van der Waals surface area contributed by atoms with E-state index in [0.717, 1.165) is 24.3 Å². The van der Waals surface area contributed by atoms with E-state index in [1.165, 1.54) is 35.4 Å². The number of hydrogen-bond donors (Lipinski definition) is 2. The zero-order valence-electron chi connectivity index (χ0n) is 15.7. The fourth-order valence-corrected chi connectivity index (χ4v) is 3.47. The van der Waals surface area contributed by atoms with Crippen molar-refractivity contribution in [3.8, 4) is 0 Å². The quantitative estimate of drug-likeness (QED) is 0.647. The van der Waals surface area contributed by atoms with Crippen LogP contribution in [0.4, 0.5) is 10.1 Å². The summed E-state index contributed by atoms with van der Waals surface area (Å²) in [7, 11) is 0. The number of benzene rings is 3. The smallest absolute Gasteiger partial charge is 0.255 e. The van der Waals surface area contributed by atoms with Gasteiger partial charge in [-0.15, -0.1) is 0 Å². The summed E-state index contributed by atoms with van der Waals surface area (Å²) in [5.74, 6) is -0.295. The lowest BCUT2D eigenvalue weighted by molar-refractivity contribution is -0.938. The molecule has 1 saturated carbocycles. The zero-order valence-corrected chi connectivity index (χ0v) is 15.7. The summed E-state index contributed by atoms with van der Waals surface area (Å²) < 4.78 is 13.1. The van der Waals surface area contributed by atoms with Gasteiger partial charge in [-0.2, -0.15) is 0 Å². The molecule has 1 aliphatic rings. The first kappa shape index (κ1) is 18.4. The molecule has 1 fully saturated rings. The fourth-order valence-electron chi connectivity index (χ4n) is 3.47. The first-order valence-electron chi connectivity index (χ1n) is 9.72. The van der Waals surface area contributed by atoms with Gasteiger partial charge in [0.25, 0.3) is 5.91 Å². The average molecular weight is 375 g/mol. The minimum absolute atomic E-state index is 0.101. The molecule has 3 aromatic rings. The van der Waals surface area contributed by atoms with Crippen molar-refractivity contribution in [2.24, 2.45) is 0 Å². The van der Waals surface area contributed by atoms with Crippen molar-refractivity contribution in [3.05, 3.63) is 101 Å². The molecule has 1 unspecified atom stereocenters. The number of carbonyl (C=O) groups excluding carboxylic acids is 1. The molecular formula is C24H24FN2O+. The van der Waals surface area contributed by atoms with E-state index in [9.17, 15) is 9.18 Å². The zero-order chi connectivity index (χ0) is 19.3. The number of rotatable bonds is 7. The number of amides is 1. The van der Waals surface area contributed by atoms with Crippen LogP contribution >= 0.6 is 0 Å². The molecule has 1 amide bonds. The third kappa shape index (κ3) is 4.84. The first-order chi connectivity index (χ1) is 13.7. The van der Waals surface area contributed by atoms with Gasteiger partial charge in [0.05, 0.1) is 6.04 Å². The van der Waals surface area contributed by atoms with Crippen molar-refractivity contribution in [1.29, 1.82) is 0 Å². The van der Waals surface area contributed by atoms with Gasteiger partial charge >= 0.3 is 0 Å². The van der Waals surface area contributed by atoms with E-state index < -0.39 is 0 Å². The minimum Gasteiger partial charge on any atom is -0.325 e. The van der Waals surface area contributed by atoms with Crippen molar-refractivity contribution in [2.45, 2.75) is 32.0 Å². The van der Waals surface area contributed by atoms with Crippen molar-refractivity contribution in [3.63, 3.8) is 0 Å². The van der Waals surface area contributed by atoms with Gasteiger partial charge < -0.3 is 10.2 Å². The second-order valence-electron chi connectivity index (χ2n) is 7.43. The van der Waals surface area contributed by atoms with Crippen LogP contribution in [-0.2, 0) is 13.1 Å². The fraction of sp³-hybridized carbons (Fsp3) is 0.208. The lowest BCUT2D eigenvalue weighted by Crippen LogP contribution is -3.10. The number of hydrogen-bond acceptors (Lipinski definition) is 1. The predicted octanol–water partition coefficient (Wildman–Crippen LogP) is 3.83. The van der Waals surface area contributed by atoms with Gasteiger partial charge in [-0.3, -0.25) is 4.79 Å². The highest BCUT2D eigenvalue weighted by Crippen LogP contribution is 2.17. The molecule has 3 aromatic carbocycles. The number of nitrogens with one attached hydrogen (secondary N) is 2. The summed E-state index contributed by atoms with van der Waals surface area (Å²) in [5.41, 5.74) is 3.81. The van der Waals surface area contributed by atoms with Crippen molar-refractivity contribution < 1.29 is 14.1 Å². The van der Waals surface area contributed by atoms with E-state index in [1.807, 2.05) is 66.7 Å². The molecule has 0 spiro atoms. The Morgan fingerprint density at radius 2 is 1.43 bits per heavy atom. The summed E-state index contributed by atoms with van der Waals surface area (Å²) in [6.07, 6.45) is 2.49. The largest absolute Gasteiger partial charge is 0.325 e. The molecular weight excluding hydrogens is 351 g/mol. The van der Waals surface area contributed by atoms with Gasteiger partial charge in [0, 0.05) is 35.2 Å². The second kappa shape index (κ2) is 8.36. The van der Waals surface area contributed by atoms with Crippen LogP contribution in [0.3, 0.4) is 0 Å². The van der Waals surface area contributed by atoms with Gasteiger partial charge in [-0.05, 0) is 36.4 Å². The Morgan fingerprint density at radius 1 is 0.857 bits per heavy atom. The summed E-state index contributed by atoms with van der Waals surface area (Å²) >= 11 is 0. The Balaban J connectivity index is 1.39. The predicted molar refractivity (Wildman–Crippen MR) is 109 cm³/mol. The number of halogens is 1. The molecule has 4 rings (SSSR count). The second-order valence-corrected chi connectivity index (χ2v) is 7.43. The van der Waals surface area contributed by atoms with Gasteiger partial charge in [-0.1, -0.05) is 42.5 Å². The van der Waals surface area contributed by atoms with E-state index in [-0.39, 0.29) is 11.7 Å². The summed E-state index contributed by atoms with van der Waals surface area (Å²) in [6.45, 7) is 1.80. The van der Waals surface area contributed by atoms with Crippen LogP contribution in [0.25, 0.3) is 0 Å². The highest BCUT2D eigenvalue weighted by atomic mass is 19.1. The minimum atomic E-state index is -0.193. The van der Waals surface area contributed by atoms with Crippen LogP contribution in [0.1, 0.15) is 34.3 Å². The number of anilines is 1. The summed E-state index contributed by atoms with van der Waals surface area (Å²) in [5, 5.41) is 2.91. The first-order valence-corrected chi connectivity index (χ1v) is 9.72. The monoisotopic (exact) mass is 375 g/mol. The Hall–Kier alpha value is -2.98. The lowest BCUT2D eigenvalue weighted by Gasteiger charge is -2.19. The van der Waals surface area contributed by atoms with Crippen molar-refractivity contribution in [1.82, 2.24) is 0 Å². The van der Waals surface area contributed by atoms with Crippen LogP contribution in [0.2, 0.25) is 0 Å². The molecule has 0 aromatic heterocycles. The average Bonchev–Trinajstić information content (AvgIpc) is 3.56. The molecule has 1 atom stereocenters. The molecule has 1 aliphatic carbocycles. The molecule has 28 heavy (non-hydrogen) atoms. The van der Waals surface area contributed by atoms with Crippen LogP contribution < -0.4 is 10.2 Å². The normalized spacial score (nSPS) is 14.5. The van der Waals surface area contributed by atoms with Crippen molar-refractivity contribution in [2.75, 3.05) is 5.32 Å². The topological polar surface area (TPSA) is 33.5 Å². The van der Waals surface area contributed by atoms with Gasteiger partial charge in [0.15, 0.2) is 0 Å². The van der Waals surface area contributed by atoms with Gasteiger partial charge in [0.2, 0.25) is 0 Å². The SMILES string of the molecule is O=C(Nc1ccccc1)c1ccc(C[NH+](Cc2ccc(F)cc2)C2CC2)cc1. The summed E-state index contributed by atoms with van der Waals surface area (Å²) in [4.78, 5) is 13.9. The maximum absolute atomic E-state index is 13.1. The van der Waals surface area contributed by atoms with Gasteiger partial charge in [-0.25, -0.2) is 4.39 Å². The van der Waals surface area contributed by atoms with Crippen LogP contribution in [-0.4, -0.2) is 11.9 Å². The molecule has 0 aliphatic heterocycles. The maximum Gasteiger partial charge on any atom is 0.255 e. The number of quaternary nitrogens is 1. The van der Waals surface area contributed by atoms with Gasteiger partial charge in [0.1, 0.15) is 18.9 Å².